The second-order valence-corrected chi connectivity index (χ2v) is 10.1. The smallest absolute Gasteiger partial charge is 0.244 e. The van der Waals surface area contributed by atoms with Crippen LogP contribution in [0.2, 0.25) is 5.02 Å². The number of rotatable bonds is 9. The van der Waals surface area contributed by atoms with Gasteiger partial charge in [-0.3, -0.25) is 13.9 Å². The molecule has 0 unspecified atom stereocenters. The van der Waals surface area contributed by atoms with Crippen LogP contribution in [0.15, 0.2) is 48.5 Å². The van der Waals surface area contributed by atoms with Crippen molar-refractivity contribution >= 4 is 39.1 Å². The average molecular weight is 484 g/mol. The van der Waals surface area contributed by atoms with Crippen LogP contribution in [-0.4, -0.2) is 50.0 Å². The van der Waals surface area contributed by atoms with E-state index in [1.165, 1.54) is 23.1 Å². The van der Waals surface area contributed by atoms with Gasteiger partial charge in [0.05, 0.1) is 11.9 Å². The third kappa shape index (κ3) is 7.20. The summed E-state index contributed by atoms with van der Waals surface area (Å²) in [7, 11) is -3.91. The van der Waals surface area contributed by atoms with Gasteiger partial charge in [0.15, 0.2) is 0 Å². The van der Waals surface area contributed by atoms with Gasteiger partial charge in [0.2, 0.25) is 21.8 Å². The molecule has 10 heteroatoms. The van der Waals surface area contributed by atoms with Gasteiger partial charge in [-0.25, -0.2) is 12.8 Å². The Morgan fingerprint density at radius 1 is 1.09 bits per heavy atom. The van der Waals surface area contributed by atoms with Crippen molar-refractivity contribution in [3.8, 4) is 0 Å². The second kappa shape index (κ2) is 10.8. The first-order chi connectivity index (χ1) is 14.9. The van der Waals surface area contributed by atoms with Gasteiger partial charge in [-0.2, -0.15) is 0 Å². The van der Waals surface area contributed by atoms with E-state index >= 15 is 0 Å². The van der Waals surface area contributed by atoms with E-state index in [9.17, 15) is 22.4 Å². The number of hydrogen-bond acceptors (Lipinski definition) is 4. The Morgan fingerprint density at radius 3 is 2.31 bits per heavy atom. The Morgan fingerprint density at radius 2 is 1.75 bits per heavy atom. The molecule has 2 amide bonds. The Hall–Kier alpha value is -2.65. The molecule has 0 aliphatic carbocycles. The van der Waals surface area contributed by atoms with Crippen molar-refractivity contribution in [3.63, 3.8) is 0 Å². The molecule has 2 aromatic rings. The van der Waals surface area contributed by atoms with Crippen LogP contribution in [0.5, 0.6) is 0 Å². The average Bonchev–Trinajstić information content (AvgIpc) is 2.68. The standard InChI is InChI=1S/C22H27ClFN3O4S/c1-15(2)25-22(29)16(3)26(13-17-7-5-8-18(23)11-17)21(28)14-27(32(4,30)31)20-10-6-9-19(24)12-20/h5-12,15-16H,13-14H2,1-4H3,(H,25,29)/t16-/m0/s1. The van der Waals surface area contributed by atoms with Crippen molar-refractivity contribution in [1.82, 2.24) is 10.2 Å². The molecular formula is C22H27ClFN3O4S. The minimum atomic E-state index is -3.91. The summed E-state index contributed by atoms with van der Waals surface area (Å²) >= 11 is 6.05. The monoisotopic (exact) mass is 483 g/mol. The van der Waals surface area contributed by atoms with Gasteiger partial charge in [-0.1, -0.05) is 29.8 Å². The highest BCUT2D eigenvalue weighted by Crippen LogP contribution is 2.20. The summed E-state index contributed by atoms with van der Waals surface area (Å²) in [5.41, 5.74) is 0.689. The Labute approximate surface area is 193 Å². The first-order valence-electron chi connectivity index (χ1n) is 9.96. The summed E-state index contributed by atoms with van der Waals surface area (Å²) in [6.45, 7) is 4.59. The van der Waals surface area contributed by atoms with E-state index in [-0.39, 0.29) is 24.2 Å². The quantitative estimate of drug-likeness (QED) is 0.593. The van der Waals surface area contributed by atoms with E-state index in [1.54, 1.807) is 45.0 Å². The number of sulfonamides is 1. The van der Waals surface area contributed by atoms with Gasteiger partial charge < -0.3 is 10.2 Å². The Kier molecular flexibility index (Phi) is 8.63. The molecule has 0 heterocycles. The third-order valence-electron chi connectivity index (χ3n) is 4.62. The molecule has 0 saturated carbocycles. The van der Waals surface area contributed by atoms with Crippen LogP contribution >= 0.6 is 11.6 Å². The predicted octanol–water partition coefficient (Wildman–Crippen LogP) is 3.19. The van der Waals surface area contributed by atoms with Crippen molar-refractivity contribution in [2.45, 2.75) is 39.4 Å². The van der Waals surface area contributed by atoms with E-state index in [4.69, 9.17) is 11.6 Å². The molecule has 0 aliphatic heterocycles. The molecule has 0 bridgehead atoms. The lowest BCUT2D eigenvalue weighted by atomic mass is 10.1. The molecule has 1 atom stereocenters. The SMILES string of the molecule is CC(C)NC(=O)[C@H](C)N(Cc1cccc(Cl)c1)C(=O)CN(c1cccc(F)c1)S(C)(=O)=O. The first kappa shape index (κ1) is 25.6. The van der Waals surface area contributed by atoms with Crippen LogP contribution in [0.1, 0.15) is 26.3 Å². The Bertz CT molecular complexity index is 1080. The fraction of sp³-hybridized carbons (Fsp3) is 0.364. The van der Waals surface area contributed by atoms with E-state index in [2.05, 4.69) is 5.32 Å². The maximum absolute atomic E-state index is 13.7. The largest absolute Gasteiger partial charge is 0.352 e. The van der Waals surface area contributed by atoms with Crippen LogP contribution in [0.4, 0.5) is 10.1 Å². The topological polar surface area (TPSA) is 86.8 Å². The number of anilines is 1. The summed E-state index contributed by atoms with van der Waals surface area (Å²) in [6.07, 6.45) is 0.932. The van der Waals surface area contributed by atoms with Crippen molar-refractivity contribution < 1.29 is 22.4 Å². The normalized spacial score (nSPS) is 12.3. The number of carbonyl (C=O) groups excluding carboxylic acids is 2. The van der Waals surface area contributed by atoms with Crippen LogP contribution in [0.3, 0.4) is 0 Å². The van der Waals surface area contributed by atoms with Crippen LogP contribution in [0.25, 0.3) is 0 Å². The summed E-state index contributed by atoms with van der Waals surface area (Å²) in [5, 5.41) is 3.22. The number of benzene rings is 2. The van der Waals surface area contributed by atoms with Crippen molar-refractivity contribution in [2.75, 3.05) is 17.1 Å². The highest BCUT2D eigenvalue weighted by Gasteiger charge is 2.30. The molecular weight excluding hydrogens is 457 g/mol. The summed E-state index contributed by atoms with van der Waals surface area (Å²) < 4.78 is 39.3. The Balaban J connectivity index is 2.39. The van der Waals surface area contributed by atoms with Crippen LogP contribution in [0, 0.1) is 5.82 Å². The molecule has 0 saturated heterocycles. The highest BCUT2D eigenvalue weighted by atomic mass is 35.5. The molecule has 0 radical (unpaired) electrons. The van der Waals surface area contributed by atoms with Gasteiger partial charge >= 0.3 is 0 Å². The lowest BCUT2D eigenvalue weighted by Crippen LogP contribution is -2.52. The zero-order chi connectivity index (χ0) is 24.1. The van der Waals surface area contributed by atoms with E-state index in [1.807, 2.05) is 0 Å². The molecule has 1 N–H and O–H groups in total. The van der Waals surface area contributed by atoms with Crippen LogP contribution in [-0.2, 0) is 26.2 Å². The molecule has 174 valence electrons. The minimum absolute atomic E-state index is 0.0165. The zero-order valence-corrected chi connectivity index (χ0v) is 20.0. The summed E-state index contributed by atoms with van der Waals surface area (Å²) in [6, 6.07) is 10.7. The number of amides is 2. The maximum Gasteiger partial charge on any atom is 0.244 e. The van der Waals surface area contributed by atoms with Crippen molar-refractivity contribution in [3.05, 3.63) is 64.9 Å². The fourth-order valence-electron chi connectivity index (χ4n) is 3.06. The van der Waals surface area contributed by atoms with Gasteiger partial charge in [-0.15, -0.1) is 0 Å². The molecule has 7 nitrogen and oxygen atoms in total. The molecule has 32 heavy (non-hydrogen) atoms. The first-order valence-corrected chi connectivity index (χ1v) is 12.2. The molecule has 0 aromatic heterocycles. The minimum Gasteiger partial charge on any atom is -0.352 e. The number of halogens is 2. The fourth-order valence-corrected chi connectivity index (χ4v) is 4.12. The molecule has 0 spiro atoms. The van der Waals surface area contributed by atoms with Gasteiger partial charge in [-0.05, 0) is 56.7 Å². The number of carbonyl (C=O) groups is 2. The summed E-state index contributed by atoms with van der Waals surface area (Å²) in [4.78, 5) is 27.2. The summed E-state index contributed by atoms with van der Waals surface area (Å²) in [5.74, 6) is -1.64. The molecule has 2 aromatic carbocycles. The molecule has 2 rings (SSSR count). The lowest BCUT2D eigenvalue weighted by Gasteiger charge is -2.32. The van der Waals surface area contributed by atoms with Gasteiger partial charge in [0.25, 0.3) is 0 Å². The zero-order valence-electron chi connectivity index (χ0n) is 18.4. The van der Waals surface area contributed by atoms with E-state index in [0.717, 1.165) is 16.6 Å². The predicted molar refractivity (Wildman–Crippen MR) is 123 cm³/mol. The maximum atomic E-state index is 13.7. The van der Waals surface area contributed by atoms with Crippen molar-refractivity contribution in [2.24, 2.45) is 0 Å². The highest BCUT2D eigenvalue weighted by molar-refractivity contribution is 7.92. The van der Waals surface area contributed by atoms with Crippen molar-refractivity contribution in [1.29, 1.82) is 0 Å². The molecule has 0 fully saturated rings. The number of nitrogens with one attached hydrogen (secondary N) is 1. The molecule has 0 aliphatic rings. The second-order valence-electron chi connectivity index (χ2n) is 7.74. The third-order valence-corrected chi connectivity index (χ3v) is 5.99. The van der Waals surface area contributed by atoms with Gasteiger partial charge in [0.1, 0.15) is 18.4 Å². The van der Waals surface area contributed by atoms with E-state index < -0.39 is 34.3 Å². The van der Waals surface area contributed by atoms with Gasteiger partial charge in [0, 0.05) is 17.6 Å². The lowest BCUT2D eigenvalue weighted by molar-refractivity contribution is -0.139. The number of hydrogen-bond donors (Lipinski definition) is 1. The van der Waals surface area contributed by atoms with Crippen LogP contribution < -0.4 is 9.62 Å². The van der Waals surface area contributed by atoms with E-state index in [0.29, 0.717) is 10.6 Å². The number of nitrogens with zero attached hydrogens (tertiary/aromatic N) is 2.